The van der Waals surface area contributed by atoms with Crippen LogP contribution in [0.25, 0.3) is 0 Å². The summed E-state index contributed by atoms with van der Waals surface area (Å²) in [5, 5.41) is 0. The van der Waals surface area contributed by atoms with Crippen molar-refractivity contribution in [3.63, 3.8) is 0 Å². The zero-order valence-electron chi connectivity index (χ0n) is 14.5. The van der Waals surface area contributed by atoms with E-state index in [1.54, 1.807) is 0 Å². The summed E-state index contributed by atoms with van der Waals surface area (Å²) < 4.78 is 37.2. The molecular formula is C16H31NO5S. The van der Waals surface area contributed by atoms with Gasteiger partial charge in [0.2, 0.25) is 0 Å². The standard InChI is InChI=1S/C16H31NO5S/c1-4-16(18)22-14-11-13-17(2,3)12-9-7-5-6-8-10-15-23(19,20)21/h4H,1,5-15H2,2-3H3. The van der Waals surface area contributed by atoms with Gasteiger partial charge in [-0.3, -0.25) is 0 Å². The largest absolute Gasteiger partial charge is 0.748 e. The van der Waals surface area contributed by atoms with E-state index in [1.807, 2.05) is 0 Å². The molecule has 0 atom stereocenters. The molecule has 7 heteroatoms. The zero-order valence-corrected chi connectivity index (χ0v) is 15.3. The molecule has 0 aliphatic heterocycles. The fraction of sp³-hybridized carbons (Fsp3) is 0.812. The zero-order chi connectivity index (χ0) is 17.8. The van der Waals surface area contributed by atoms with Crippen molar-refractivity contribution in [2.75, 3.05) is 39.5 Å². The number of hydrogen-bond donors (Lipinski definition) is 0. The number of carbonyl (C=O) groups is 1. The molecule has 0 rings (SSSR count). The minimum absolute atomic E-state index is 0.243. The van der Waals surface area contributed by atoms with Gasteiger partial charge in [0.1, 0.15) is 0 Å². The van der Waals surface area contributed by atoms with Crippen LogP contribution < -0.4 is 0 Å². The summed E-state index contributed by atoms with van der Waals surface area (Å²) in [5.41, 5.74) is 0. The van der Waals surface area contributed by atoms with Crippen LogP contribution in [0.2, 0.25) is 0 Å². The van der Waals surface area contributed by atoms with Gasteiger partial charge >= 0.3 is 5.97 Å². The molecule has 0 aliphatic carbocycles. The Labute approximate surface area is 140 Å². The van der Waals surface area contributed by atoms with Crippen LogP contribution in [0.15, 0.2) is 12.7 Å². The first-order valence-electron chi connectivity index (χ1n) is 8.21. The van der Waals surface area contributed by atoms with Crippen molar-refractivity contribution in [2.24, 2.45) is 0 Å². The normalized spacial score (nSPS) is 12.1. The van der Waals surface area contributed by atoms with Crippen LogP contribution in [0.5, 0.6) is 0 Å². The van der Waals surface area contributed by atoms with Crippen molar-refractivity contribution < 1.29 is 27.0 Å². The van der Waals surface area contributed by atoms with Gasteiger partial charge < -0.3 is 13.8 Å². The first-order valence-corrected chi connectivity index (χ1v) is 9.79. The molecule has 0 saturated carbocycles. The first kappa shape index (κ1) is 22.1. The second kappa shape index (κ2) is 11.6. The fourth-order valence-corrected chi connectivity index (χ4v) is 2.92. The van der Waals surface area contributed by atoms with Crippen LogP contribution in [0.4, 0.5) is 0 Å². The number of rotatable bonds is 14. The monoisotopic (exact) mass is 349 g/mol. The summed E-state index contributed by atoms with van der Waals surface area (Å²) >= 11 is 0. The minimum Gasteiger partial charge on any atom is -0.748 e. The summed E-state index contributed by atoms with van der Waals surface area (Å²) in [6.45, 7) is 5.79. The lowest BCUT2D eigenvalue weighted by Gasteiger charge is -2.29. The van der Waals surface area contributed by atoms with Gasteiger partial charge in [-0.2, -0.15) is 0 Å². The van der Waals surface area contributed by atoms with Gasteiger partial charge in [-0.25, -0.2) is 13.2 Å². The molecule has 0 saturated heterocycles. The summed E-state index contributed by atoms with van der Waals surface area (Å²) in [6.07, 6.45) is 7.53. The average Bonchev–Trinajstić information content (AvgIpc) is 2.45. The maximum absolute atomic E-state index is 10.9. The van der Waals surface area contributed by atoms with E-state index in [-0.39, 0.29) is 11.7 Å². The van der Waals surface area contributed by atoms with Crippen molar-refractivity contribution in [3.8, 4) is 0 Å². The Morgan fingerprint density at radius 1 is 1.04 bits per heavy atom. The summed E-state index contributed by atoms with van der Waals surface area (Å²) in [5.74, 6) is -0.618. The molecule has 136 valence electrons. The van der Waals surface area contributed by atoms with Gasteiger partial charge in [-0.15, -0.1) is 0 Å². The third-order valence-corrected chi connectivity index (χ3v) is 4.52. The number of ether oxygens (including phenoxy) is 1. The summed E-state index contributed by atoms with van der Waals surface area (Å²) in [4.78, 5) is 10.9. The highest BCUT2D eigenvalue weighted by atomic mass is 32.2. The molecule has 0 heterocycles. The lowest BCUT2D eigenvalue weighted by atomic mass is 10.1. The van der Waals surface area contributed by atoms with Gasteiger partial charge in [0.25, 0.3) is 0 Å². The molecule has 0 N–H and O–H groups in total. The van der Waals surface area contributed by atoms with E-state index in [1.165, 1.54) is 6.08 Å². The molecule has 6 nitrogen and oxygen atoms in total. The SMILES string of the molecule is C=CC(=O)OCCC[N+](C)(C)CCCCCCCCS(=O)(=O)[O-]. The van der Waals surface area contributed by atoms with Gasteiger partial charge in [0.15, 0.2) is 0 Å². The Kier molecular flexibility index (Phi) is 11.1. The van der Waals surface area contributed by atoms with E-state index in [0.29, 0.717) is 13.0 Å². The molecule has 23 heavy (non-hydrogen) atoms. The number of unbranched alkanes of at least 4 members (excludes halogenated alkanes) is 5. The quantitative estimate of drug-likeness (QED) is 0.158. The smallest absolute Gasteiger partial charge is 0.330 e. The third-order valence-electron chi connectivity index (χ3n) is 3.73. The maximum Gasteiger partial charge on any atom is 0.330 e. The molecule has 0 amide bonds. The molecule has 0 aromatic heterocycles. The summed E-state index contributed by atoms with van der Waals surface area (Å²) in [6, 6.07) is 0. The molecule has 0 radical (unpaired) electrons. The van der Waals surface area contributed by atoms with Gasteiger partial charge in [-0.05, 0) is 19.3 Å². The lowest BCUT2D eigenvalue weighted by Crippen LogP contribution is -2.41. The van der Waals surface area contributed by atoms with Crippen LogP contribution in [0.3, 0.4) is 0 Å². The van der Waals surface area contributed by atoms with Crippen LogP contribution in [0, 0.1) is 0 Å². The van der Waals surface area contributed by atoms with Crippen molar-refractivity contribution in [1.82, 2.24) is 0 Å². The van der Waals surface area contributed by atoms with Crippen LogP contribution in [-0.4, -0.2) is 63.0 Å². The fourth-order valence-electron chi connectivity index (χ4n) is 2.36. The van der Waals surface area contributed by atoms with Crippen molar-refractivity contribution in [1.29, 1.82) is 0 Å². The molecule has 0 unspecified atom stereocenters. The molecule has 0 aliphatic rings. The predicted octanol–water partition coefficient (Wildman–Crippen LogP) is 2.07. The van der Waals surface area contributed by atoms with E-state index in [0.717, 1.165) is 56.1 Å². The van der Waals surface area contributed by atoms with Gasteiger partial charge in [0.05, 0.1) is 43.9 Å². The van der Waals surface area contributed by atoms with Crippen molar-refractivity contribution in [3.05, 3.63) is 12.7 Å². The number of quaternary nitrogens is 1. The second-order valence-electron chi connectivity index (χ2n) is 6.49. The van der Waals surface area contributed by atoms with Crippen molar-refractivity contribution >= 4 is 16.1 Å². The second-order valence-corrected chi connectivity index (χ2v) is 8.01. The third kappa shape index (κ3) is 15.7. The van der Waals surface area contributed by atoms with Crippen LogP contribution >= 0.6 is 0 Å². The number of esters is 1. The average molecular weight is 349 g/mol. The van der Waals surface area contributed by atoms with Crippen molar-refractivity contribution in [2.45, 2.75) is 44.9 Å². The first-order chi connectivity index (χ1) is 10.7. The highest BCUT2D eigenvalue weighted by molar-refractivity contribution is 7.85. The van der Waals surface area contributed by atoms with Gasteiger partial charge in [0, 0.05) is 18.2 Å². The molecular weight excluding hydrogens is 318 g/mol. The highest BCUT2D eigenvalue weighted by Gasteiger charge is 2.14. The molecule has 0 bridgehead atoms. The van der Waals surface area contributed by atoms with E-state index in [9.17, 15) is 17.8 Å². The number of hydrogen-bond acceptors (Lipinski definition) is 5. The van der Waals surface area contributed by atoms with Gasteiger partial charge in [-0.1, -0.05) is 25.8 Å². The van der Waals surface area contributed by atoms with E-state index in [4.69, 9.17) is 4.74 Å². The molecule has 0 fully saturated rings. The Morgan fingerprint density at radius 2 is 1.57 bits per heavy atom. The topological polar surface area (TPSA) is 83.5 Å². The molecule has 0 aromatic rings. The van der Waals surface area contributed by atoms with E-state index < -0.39 is 10.1 Å². The van der Waals surface area contributed by atoms with Crippen LogP contribution in [0.1, 0.15) is 44.9 Å². The summed E-state index contributed by atoms with van der Waals surface area (Å²) in [7, 11) is 0.274. The maximum atomic E-state index is 10.9. The van der Waals surface area contributed by atoms with E-state index >= 15 is 0 Å². The highest BCUT2D eigenvalue weighted by Crippen LogP contribution is 2.09. The Morgan fingerprint density at radius 3 is 2.13 bits per heavy atom. The number of carbonyl (C=O) groups excluding carboxylic acids is 1. The Bertz CT molecular complexity index is 445. The lowest BCUT2D eigenvalue weighted by molar-refractivity contribution is -0.890. The molecule has 0 spiro atoms. The minimum atomic E-state index is -4.05. The van der Waals surface area contributed by atoms with E-state index in [2.05, 4.69) is 20.7 Å². The van der Waals surface area contributed by atoms with Crippen LogP contribution in [-0.2, 0) is 19.6 Å². The predicted molar refractivity (Wildman–Crippen MR) is 89.9 cm³/mol. The Hall–Kier alpha value is -0.920. The Balaban J connectivity index is 3.54. The number of nitrogens with zero attached hydrogens (tertiary/aromatic N) is 1. The molecule has 0 aromatic carbocycles.